The van der Waals surface area contributed by atoms with Gasteiger partial charge in [-0.2, -0.15) is 13.2 Å². The second-order valence-electron chi connectivity index (χ2n) is 2.59. The molecule has 1 fully saturated rings. The minimum Gasteiger partial charge on any atom is -0.371 e. The molecule has 0 saturated carbocycles. The van der Waals surface area contributed by atoms with Gasteiger partial charge in [-0.3, -0.25) is 0 Å². The third-order valence-corrected chi connectivity index (χ3v) is 3.10. The molecule has 1 aliphatic heterocycles. The van der Waals surface area contributed by atoms with Crippen molar-refractivity contribution >= 4 is 11.8 Å². The van der Waals surface area contributed by atoms with Crippen molar-refractivity contribution in [2.24, 2.45) is 0 Å². The molecule has 1 N–H and O–H groups in total. The van der Waals surface area contributed by atoms with Gasteiger partial charge in [-0.15, -0.1) is 11.8 Å². The van der Waals surface area contributed by atoms with Crippen molar-refractivity contribution in [3.63, 3.8) is 0 Å². The molecule has 1 saturated heterocycles. The van der Waals surface area contributed by atoms with E-state index in [-0.39, 0.29) is 6.42 Å². The Morgan fingerprint density at radius 3 is 2.18 bits per heavy atom. The highest BCUT2D eigenvalue weighted by Gasteiger charge is 2.54. The summed E-state index contributed by atoms with van der Waals surface area (Å²) >= 11 is 0.603. The van der Waals surface area contributed by atoms with Gasteiger partial charge < -0.3 is 5.11 Å². The maximum Gasteiger partial charge on any atom is 0.426 e. The molecule has 0 amide bonds. The fraction of sp³-hybridized carbons (Fsp3) is 1.00. The molecule has 1 rings (SSSR count). The average Bonchev–Trinajstić information content (AvgIpc) is 1.87. The van der Waals surface area contributed by atoms with Gasteiger partial charge in [-0.25, -0.2) is 0 Å². The SMILES string of the molecule is OC1(C(F)(F)F)CCCCS1. The van der Waals surface area contributed by atoms with Crippen molar-refractivity contribution in [1.29, 1.82) is 0 Å². The van der Waals surface area contributed by atoms with Crippen LogP contribution in [0.15, 0.2) is 0 Å². The Bertz CT molecular complexity index is 139. The number of rotatable bonds is 0. The molecule has 66 valence electrons. The lowest BCUT2D eigenvalue weighted by molar-refractivity contribution is -0.223. The van der Waals surface area contributed by atoms with E-state index in [0.717, 1.165) is 6.42 Å². The van der Waals surface area contributed by atoms with Crippen molar-refractivity contribution in [1.82, 2.24) is 0 Å². The Kier molecular flexibility index (Phi) is 2.39. The molecule has 0 aromatic carbocycles. The maximum absolute atomic E-state index is 12.1. The minimum absolute atomic E-state index is 0.166. The molecular weight excluding hydrogens is 177 g/mol. The van der Waals surface area contributed by atoms with Crippen LogP contribution in [-0.4, -0.2) is 22.0 Å². The summed E-state index contributed by atoms with van der Waals surface area (Å²) in [5, 5.41) is 9.05. The first-order chi connectivity index (χ1) is 4.96. The van der Waals surface area contributed by atoms with E-state index >= 15 is 0 Å². The predicted molar refractivity (Wildman–Crippen MR) is 37.3 cm³/mol. The Balaban J connectivity index is 2.64. The highest BCUT2D eigenvalue weighted by atomic mass is 32.2. The summed E-state index contributed by atoms with van der Waals surface area (Å²) < 4.78 is 36.2. The van der Waals surface area contributed by atoms with Crippen molar-refractivity contribution in [3.8, 4) is 0 Å². The van der Waals surface area contributed by atoms with Crippen molar-refractivity contribution in [3.05, 3.63) is 0 Å². The van der Waals surface area contributed by atoms with E-state index in [2.05, 4.69) is 0 Å². The van der Waals surface area contributed by atoms with E-state index in [0.29, 0.717) is 23.9 Å². The summed E-state index contributed by atoms with van der Waals surface area (Å²) in [6.45, 7) is 0. The fourth-order valence-corrected chi connectivity index (χ4v) is 2.14. The zero-order valence-electron chi connectivity index (χ0n) is 5.82. The molecule has 1 heterocycles. The standard InChI is InChI=1S/C6H9F3OS/c7-6(8,9)5(10)3-1-2-4-11-5/h10H,1-4H2. The summed E-state index contributed by atoms with van der Waals surface area (Å²) in [6, 6.07) is 0. The smallest absolute Gasteiger partial charge is 0.371 e. The molecule has 0 aromatic rings. The summed E-state index contributed by atoms with van der Waals surface area (Å²) in [5.41, 5.74) is 0. The zero-order valence-corrected chi connectivity index (χ0v) is 6.63. The van der Waals surface area contributed by atoms with Gasteiger partial charge in [-0.1, -0.05) is 0 Å². The number of aliphatic hydroxyl groups is 1. The van der Waals surface area contributed by atoms with E-state index in [1.807, 2.05) is 0 Å². The van der Waals surface area contributed by atoms with Crippen LogP contribution in [0.2, 0.25) is 0 Å². The first kappa shape index (κ1) is 9.19. The van der Waals surface area contributed by atoms with Gasteiger partial charge in [0.25, 0.3) is 0 Å². The second-order valence-corrected chi connectivity index (χ2v) is 3.96. The van der Waals surface area contributed by atoms with Gasteiger partial charge in [0.15, 0.2) is 0 Å². The van der Waals surface area contributed by atoms with Crippen LogP contribution in [0.5, 0.6) is 0 Å². The molecule has 0 aliphatic carbocycles. The lowest BCUT2D eigenvalue weighted by Crippen LogP contribution is -2.43. The zero-order chi connectivity index (χ0) is 8.54. The Hall–Kier alpha value is 0.100. The van der Waals surface area contributed by atoms with Crippen LogP contribution < -0.4 is 0 Å². The van der Waals surface area contributed by atoms with Gasteiger partial charge in [-0.05, 0) is 25.0 Å². The lowest BCUT2D eigenvalue weighted by atomic mass is 10.1. The third-order valence-electron chi connectivity index (χ3n) is 1.69. The summed E-state index contributed by atoms with van der Waals surface area (Å²) in [6.07, 6.45) is -3.41. The van der Waals surface area contributed by atoms with E-state index < -0.39 is 11.1 Å². The second kappa shape index (κ2) is 2.86. The number of thioether (sulfide) groups is 1. The van der Waals surface area contributed by atoms with Gasteiger partial charge >= 0.3 is 6.18 Å². The minimum atomic E-state index is -4.47. The van der Waals surface area contributed by atoms with Gasteiger partial charge in [0.1, 0.15) is 0 Å². The molecule has 0 spiro atoms. The van der Waals surface area contributed by atoms with E-state index in [4.69, 9.17) is 5.11 Å². The molecule has 0 aromatic heterocycles. The van der Waals surface area contributed by atoms with Crippen LogP contribution in [-0.2, 0) is 0 Å². The van der Waals surface area contributed by atoms with Crippen molar-refractivity contribution in [2.75, 3.05) is 5.75 Å². The van der Waals surface area contributed by atoms with Gasteiger partial charge in [0.2, 0.25) is 4.93 Å². The molecule has 11 heavy (non-hydrogen) atoms. The number of hydrogen-bond donors (Lipinski definition) is 1. The molecular formula is C6H9F3OS. The quantitative estimate of drug-likeness (QED) is 0.625. The van der Waals surface area contributed by atoms with Crippen LogP contribution in [0.4, 0.5) is 13.2 Å². The Morgan fingerprint density at radius 1 is 1.27 bits per heavy atom. The fourth-order valence-electron chi connectivity index (χ4n) is 1.00. The van der Waals surface area contributed by atoms with Gasteiger partial charge in [0, 0.05) is 0 Å². The van der Waals surface area contributed by atoms with Crippen LogP contribution in [0, 0.1) is 0 Å². The number of alkyl halides is 3. The number of halogens is 3. The summed E-state index contributed by atoms with van der Waals surface area (Å²) in [7, 11) is 0. The van der Waals surface area contributed by atoms with E-state index in [1.54, 1.807) is 0 Å². The van der Waals surface area contributed by atoms with Crippen LogP contribution in [0.1, 0.15) is 19.3 Å². The normalized spacial score (nSPS) is 33.8. The predicted octanol–water partition coefficient (Wildman–Crippen LogP) is 2.15. The van der Waals surface area contributed by atoms with E-state index in [9.17, 15) is 13.2 Å². The van der Waals surface area contributed by atoms with Crippen molar-refractivity contribution in [2.45, 2.75) is 30.4 Å². The van der Waals surface area contributed by atoms with Crippen LogP contribution in [0.3, 0.4) is 0 Å². The Morgan fingerprint density at radius 2 is 1.91 bits per heavy atom. The summed E-state index contributed by atoms with van der Waals surface area (Å²) in [4.78, 5) is -2.47. The van der Waals surface area contributed by atoms with Crippen LogP contribution in [0.25, 0.3) is 0 Å². The molecule has 1 aliphatic rings. The average molecular weight is 186 g/mol. The lowest BCUT2D eigenvalue weighted by Gasteiger charge is -2.32. The molecule has 1 atom stereocenters. The molecule has 1 unspecified atom stereocenters. The summed E-state index contributed by atoms with van der Waals surface area (Å²) in [5.74, 6) is 0.399. The van der Waals surface area contributed by atoms with Crippen molar-refractivity contribution < 1.29 is 18.3 Å². The third kappa shape index (κ3) is 1.82. The molecule has 5 heteroatoms. The van der Waals surface area contributed by atoms with Crippen LogP contribution >= 0.6 is 11.8 Å². The van der Waals surface area contributed by atoms with E-state index in [1.165, 1.54) is 0 Å². The first-order valence-electron chi connectivity index (χ1n) is 3.39. The monoisotopic (exact) mass is 186 g/mol. The topological polar surface area (TPSA) is 20.2 Å². The molecule has 0 bridgehead atoms. The number of hydrogen-bond acceptors (Lipinski definition) is 2. The van der Waals surface area contributed by atoms with Gasteiger partial charge in [0.05, 0.1) is 0 Å². The largest absolute Gasteiger partial charge is 0.426 e. The maximum atomic E-state index is 12.1. The Labute approximate surface area is 67.0 Å². The first-order valence-corrected chi connectivity index (χ1v) is 4.37. The molecule has 1 nitrogen and oxygen atoms in total. The highest BCUT2D eigenvalue weighted by Crippen LogP contribution is 2.45. The highest BCUT2D eigenvalue weighted by molar-refractivity contribution is 8.00. The molecule has 0 radical (unpaired) electrons.